The molecule has 1 saturated heterocycles. The van der Waals surface area contributed by atoms with Crippen molar-refractivity contribution in [3.8, 4) is 6.07 Å². The van der Waals surface area contributed by atoms with Crippen LogP contribution in [0.15, 0.2) is 24.3 Å². The van der Waals surface area contributed by atoms with Gasteiger partial charge in [-0.2, -0.15) is 5.26 Å². The first-order chi connectivity index (χ1) is 10.4. The molecule has 0 radical (unpaired) electrons. The van der Waals surface area contributed by atoms with E-state index >= 15 is 0 Å². The van der Waals surface area contributed by atoms with Crippen molar-refractivity contribution >= 4 is 15.9 Å². The van der Waals surface area contributed by atoms with E-state index < -0.39 is 9.84 Å². The van der Waals surface area contributed by atoms with Gasteiger partial charge in [-0.05, 0) is 37.0 Å². The van der Waals surface area contributed by atoms with Crippen molar-refractivity contribution in [1.82, 2.24) is 10.6 Å². The Morgan fingerprint density at radius 1 is 1.41 bits per heavy atom. The summed E-state index contributed by atoms with van der Waals surface area (Å²) in [7, 11) is -2.91. The van der Waals surface area contributed by atoms with Crippen molar-refractivity contribution in [2.24, 2.45) is 5.92 Å². The van der Waals surface area contributed by atoms with Gasteiger partial charge in [-0.15, -0.1) is 0 Å². The van der Waals surface area contributed by atoms with Gasteiger partial charge in [0.2, 0.25) is 0 Å². The highest BCUT2D eigenvalue weighted by Gasteiger charge is 2.27. The van der Waals surface area contributed by atoms with Crippen LogP contribution in [0.5, 0.6) is 0 Å². The first-order valence-corrected chi connectivity index (χ1v) is 8.96. The molecule has 0 saturated carbocycles. The average Bonchev–Trinajstić information content (AvgIpc) is 2.84. The summed E-state index contributed by atoms with van der Waals surface area (Å²) in [6.45, 7) is 2.21. The molecule has 7 heteroatoms. The number of nitriles is 1. The number of carbonyl (C=O) groups is 1. The van der Waals surface area contributed by atoms with E-state index in [2.05, 4.69) is 10.6 Å². The van der Waals surface area contributed by atoms with Crippen molar-refractivity contribution in [2.75, 3.05) is 18.1 Å². The summed E-state index contributed by atoms with van der Waals surface area (Å²) in [4.78, 5) is 11.8. The van der Waals surface area contributed by atoms with Crippen molar-refractivity contribution in [3.05, 3.63) is 35.4 Å². The minimum atomic E-state index is -2.91. The van der Waals surface area contributed by atoms with Crippen molar-refractivity contribution in [3.63, 3.8) is 0 Å². The van der Waals surface area contributed by atoms with Gasteiger partial charge in [0.1, 0.15) is 0 Å². The molecule has 2 atom stereocenters. The van der Waals surface area contributed by atoms with Crippen molar-refractivity contribution in [2.45, 2.75) is 19.4 Å². The molecule has 1 aliphatic heterocycles. The molecular weight excluding hydrogens is 302 g/mol. The number of hydrogen-bond acceptors (Lipinski definition) is 4. The Morgan fingerprint density at radius 2 is 2.09 bits per heavy atom. The van der Waals surface area contributed by atoms with Crippen LogP contribution in [0.4, 0.5) is 4.79 Å². The quantitative estimate of drug-likeness (QED) is 0.874. The Kier molecular flexibility index (Phi) is 5.03. The summed E-state index contributed by atoms with van der Waals surface area (Å²) in [5, 5.41) is 14.3. The highest BCUT2D eigenvalue weighted by Crippen LogP contribution is 2.17. The van der Waals surface area contributed by atoms with Gasteiger partial charge in [0, 0.05) is 6.54 Å². The maximum atomic E-state index is 11.8. The molecule has 1 aliphatic rings. The lowest BCUT2D eigenvalue weighted by molar-refractivity contribution is 0.236. The van der Waals surface area contributed by atoms with E-state index in [1.807, 2.05) is 13.0 Å². The Morgan fingerprint density at radius 3 is 2.64 bits per heavy atom. The van der Waals surface area contributed by atoms with Crippen molar-refractivity contribution < 1.29 is 13.2 Å². The van der Waals surface area contributed by atoms with Crippen LogP contribution in [-0.4, -0.2) is 32.5 Å². The molecule has 1 heterocycles. The number of carbonyl (C=O) groups excluding carboxylic acids is 1. The van der Waals surface area contributed by atoms with E-state index in [1.54, 1.807) is 24.3 Å². The molecule has 118 valence electrons. The molecule has 1 aromatic rings. The first-order valence-electron chi connectivity index (χ1n) is 7.14. The van der Waals surface area contributed by atoms with E-state index in [0.29, 0.717) is 18.5 Å². The number of nitrogens with one attached hydrogen (secondary N) is 2. The molecule has 2 rings (SSSR count). The molecule has 2 amide bonds. The second-order valence-electron chi connectivity index (χ2n) is 5.58. The largest absolute Gasteiger partial charge is 0.338 e. The summed E-state index contributed by atoms with van der Waals surface area (Å²) in [5.41, 5.74) is 1.47. The summed E-state index contributed by atoms with van der Waals surface area (Å²) in [5.74, 6) is 0.363. The third-order valence-corrected chi connectivity index (χ3v) is 5.60. The van der Waals surface area contributed by atoms with Gasteiger partial charge >= 0.3 is 6.03 Å². The molecule has 0 spiro atoms. The molecule has 2 unspecified atom stereocenters. The van der Waals surface area contributed by atoms with Gasteiger partial charge in [0.15, 0.2) is 9.84 Å². The van der Waals surface area contributed by atoms with E-state index in [9.17, 15) is 13.2 Å². The van der Waals surface area contributed by atoms with Gasteiger partial charge < -0.3 is 10.6 Å². The zero-order chi connectivity index (χ0) is 16.2. The van der Waals surface area contributed by atoms with Crippen LogP contribution < -0.4 is 10.6 Å². The third-order valence-electron chi connectivity index (χ3n) is 3.77. The van der Waals surface area contributed by atoms with E-state index in [1.165, 1.54) is 0 Å². The monoisotopic (exact) mass is 321 g/mol. The Bertz CT molecular complexity index is 677. The van der Waals surface area contributed by atoms with Gasteiger partial charge in [0.25, 0.3) is 0 Å². The Labute approximate surface area is 130 Å². The number of rotatable bonds is 4. The topological polar surface area (TPSA) is 99.1 Å². The van der Waals surface area contributed by atoms with Crippen LogP contribution in [-0.2, 0) is 9.84 Å². The second-order valence-corrected chi connectivity index (χ2v) is 7.81. The number of sulfone groups is 1. The normalized spacial score (nSPS) is 20.8. The standard InChI is InChI=1S/C15H19N3O3S/c1-11(14-4-2-12(8-16)3-5-14)18-15(19)17-9-13-6-7-22(20,21)10-13/h2-5,11,13H,6-7,9-10H2,1H3,(H2,17,18,19). The van der Waals surface area contributed by atoms with E-state index in [0.717, 1.165) is 5.56 Å². The summed E-state index contributed by atoms with van der Waals surface area (Å²) in [6, 6.07) is 8.53. The van der Waals surface area contributed by atoms with Gasteiger partial charge in [-0.25, -0.2) is 13.2 Å². The van der Waals surface area contributed by atoms with Crippen LogP contribution in [0.1, 0.15) is 30.5 Å². The van der Waals surface area contributed by atoms with Crippen molar-refractivity contribution in [1.29, 1.82) is 5.26 Å². The van der Waals surface area contributed by atoms with Crippen LogP contribution >= 0.6 is 0 Å². The minimum Gasteiger partial charge on any atom is -0.338 e. The van der Waals surface area contributed by atoms with Crippen LogP contribution in [0.2, 0.25) is 0 Å². The molecule has 1 aromatic carbocycles. The molecule has 6 nitrogen and oxygen atoms in total. The van der Waals surface area contributed by atoms with Crippen LogP contribution in [0, 0.1) is 17.2 Å². The molecule has 0 aliphatic carbocycles. The Hall–Kier alpha value is -2.07. The fourth-order valence-electron chi connectivity index (χ4n) is 2.45. The zero-order valence-corrected chi connectivity index (χ0v) is 13.2. The average molecular weight is 321 g/mol. The predicted octanol–water partition coefficient (Wildman–Crippen LogP) is 1.35. The molecule has 22 heavy (non-hydrogen) atoms. The fourth-order valence-corrected chi connectivity index (χ4v) is 4.31. The number of benzene rings is 1. The zero-order valence-electron chi connectivity index (χ0n) is 12.4. The summed E-state index contributed by atoms with van der Waals surface area (Å²) < 4.78 is 22.7. The SMILES string of the molecule is CC(NC(=O)NCC1CCS(=O)(=O)C1)c1ccc(C#N)cc1. The molecule has 2 N–H and O–H groups in total. The molecule has 1 fully saturated rings. The maximum Gasteiger partial charge on any atom is 0.315 e. The maximum absolute atomic E-state index is 11.8. The van der Waals surface area contributed by atoms with Gasteiger partial charge in [0.05, 0.1) is 29.2 Å². The number of urea groups is 1. The fraction of sp³-hybridized carbons (Fsp3) is 0.467. The molecule has 0 aromatic heterocycles. The van der Waals surface area contributed by atoms with Gasteiger partial charge in [-0.1, -0.05) is 12.1 Å². The first kappa shape index (κ1) is 16.3. The van der Waals surface area contributed by atoms with Gasteiger partial charge in [-0.3, -0.25) is 0 Å². The molecular formula is C15H19N3O3S. The highest BCUT2D eigenvalue weighted by atomic mass is 32.2. The van der Waals surface area contributed by atoms with E-state index in [4.69, 9.17) is 5.26 Å². The van der Waals surface area contributed by atoms with Crippen LogP contribution in [0.25, 0.3) is 0 Å². The number of amides is 2. The predicted molar refractivity (Wildman–Crippen MR) is 82.9 cm³/mol. The van der Waals surface area contributed by atoms with Crippen LogP contribution in [0.3, 0.4) is 0 Å². The lowest BCUT2D eigenvalue weighted by Crippen LogP contribution is -2.39. The Balaban J connectivity index is 1.80. The lowest BCUT2D eigenvalue weighted by Gasteiger charge is -2.16. The lowest BCUT2D eigenvalue weighted by atomic mass is 10.1. The summed E-state index contributed by atoms with van der Waals surface area (Å²) >= 11 is 0. The smallest absolute Gasteiger partial charge is 0.315 e. The minimum absolute atomic E-state index is 0.000896. The third kappa shape index (κ3) is 4.46. The molecule has 0 bridgehead atoms. The second kappa shape index (κ2) is 6.79. The summed E-state index contributed by atoms with van der Waals surface area (Å²) in [6.07, 6.45) is 0.605. The number of hydrogen-bond donors (Lipinski definition) is 2. The van der Waals surface area contributed by atoms with E-state index in [-0.39, 0.29) is 29.5 Å². The number of nitrogens with zero attached hydrogens (tertiary/aromatic N) is 1. The highest BCUT2D eigenvalue weighted by molar-refractivity contribution is 7.91.